The SMILES string of the molecule is COc1cccc(C(O)Cc2ccc(Br)cc2Cl)c1N. The van der Waals surface area contributed by atoms with Gasteiger partial charge in [0, 0.05) is 21.5 Å². The highest BCUT2D eigenvalue weighted by Gasteiger charge is 2.16. The van der Waals surface area contributed by atoms with E-state index in [9.17, 15) is 5.11 Å². The minimum atomic E-state index is -0.733. The third-order valence-corrected chi connectivity index (χ3v) is 3.95. The minimum Gasteiger partial charge on any atom is -0.495 e. The van der Waals surface area contributed by atoms with Gasteiger partial charge in [0.2, 0.25) is 0 Å². The van der Waals surface area contributed by atoms with Crippen molar-refractivity contribution in [3.63, 3.8) is 0 Å². The Labute approximate surface area is 131 Å². The fourth-order valence-electron chi connectivity index (χ4n) is 2.04. The van der Waals surface area contributed by atoms with Gasteiger partial charge in [0.25, 0.3) is 0 Å². The number of hydrogen-bond donors (Lipinski definition) is 2. The maximum absolute atomic E-state index is 10.4. The number of benzene rings is 2. The predicted octanol–water partition coefficient (Wildman–Crippen LogP) is 3.97. The van der Waals surface area contributed by atoms with Gasteiger partial charge in [0.1, 0.15) is 5.75 Å². The molecular formula is C15H15BrClNO2. The van der Waals surface area contributed by atoms with Crippen molar-refractivity contribution in [2.75, 3.05) is 12.8 Å². The van der Waals surface area contributed by atoms with Gasteiger partial charge in [-0.25, -0.2) is 0 Å². The Kier molecular flexibility index (Phi) is 4.91. The molecule has 0 amide bonds. The van der Waals surface area contributed by atoms with Crippen molar-refractivity contribution in [3.05, 3.63) is 57.0 Å². The fraction of sp³-hybridized carbons (Fsp3) is 0.200. The summed E-state index contributed by atoms with van der Waals surface area (Å²) in [5.74, 6) is 0.559. The lowest BCUT2D eigenvalue weighted by Gasteiger charge is -2.16. The van der Waals surface area contributed by atoms with Crippen LogP contribution in [0.1, 0.15) is 17.2 Å². The van der Waals surface area contributed by atoms with Gasteiger partial charge >= 0.3 is 0 Å². The zero-order valence-electron chi connectivity index (χ0n) is 10.9. The smallest absolute Gasteiger partial charge is 0.142 e. The highest BCUT2D eigenvalue weighted by atomic mass is 79.9. The van der Waals surface area contributed by atoms with Gasteiger partial charge in [-0.1, -0.05) is 45.7 Å². The summed E-state index contributed by atoms with van der Waals surface area (Å²) >= 11 is 9.52. The number of rotatable bonds is 4. The van der Waals surface area contributed by atoms with E-state index in [-0.39, 0.29) is 0 Å². The Morgan fingerprint density at radius 1 is 1.35 bits per heavy atom. The van der Waals surface area contributed by atoms with E-state index in [1.54, 1.807) is 31.4 Å². The van der Waals surface area contributed by atoms with Crippen LogP contribution in [-0.4, -0.2) is 12.2 Å². The number of anilines is 1. The number of aliphatic hydroxyl groups excluding tert-OH is 1. The summed E-state index contributed by atoms with van der Waals surface area (Å²) in [6.07, 6.45) is -0.340. The van der Waals surface area contributed by atoms with Crippen LogP contribution in [-0.2, 0) is 6.42 Å². The Morgan fingerprint density at radius 3 is 2.75 bits per heavy atom. The Morgan fingerprint density at radius 2 is 2.10 bits per heavy atom. The van der Waals surface area contributed by atoms with Crippen LogP contribution >= 0.6 is 27.5 Å². The molecule has 0 spiro atoms. The van der Waals surface area contributed by atoms with Crippen molar-refractivity contribution >= 4 is 33.2 Å². The zero-order chi connectivity index (χ0) is 14.7. The molecule has 0 aromatic heterocycles. The maximum atomic E-state index is 10.4. The number of para-hydroxylation sites is 1. The summed E-state index contributed by atoms with van der Waals surface area (Å²) in [6.45, 7) is 0. The first kappa shape index (κ1) is 15.2. The molecule has 0 saturated heterocycles. The number of nitrogen functional groups attached to an aromatic ring is 1. The maximum Gasteiger partial charge on any atom is 0.142 e. The van der Waals surface area contributed by atoms with Gasteiger partial charge < -0.3 is 15.6 Å². The van der Waals surface area contributed by atoms with Crippen LogP contribution in [0.4, 0.5) is 5.69 Å². The van der Waals surface area contributed by atoms with E-state index >= 15 is 0 Å². The number of methoxy groups -OCH3 is 1. The summed E-state index contributed by atoms with van der Waals surface area (Å²) in [5.41, 5.74) is 7.95. The Hall–Kier alpha value is -1.23. The average Bonchev–Trinajstić information content (AvgIpc) is 2.42. The monoisotopic (exact) mass is 355 g/mol. The third-order valence-electron chi connectivity index (χ3n) is 3.11. The summed E-state index contributed by atoms with van der Waals surface area (Å²) in [5, 5.41) is 11.0. The van der Waals surface area contributed by atoms with E-state index < -0.39 is 6.10 Å². The molecule has 3 nitrogen and oxygen atoms in total. The van der Waals surface area contributed by atoms with Crippen LogP contribution in [0, 0.1) is 0 Å². The molecule has 0 heterocycles. The molecule has 1 unspecified atom stereocenters. The molecule has 0 saturated carbocycles. The van der Waals surface area contributed by atoms with Gasteiger partial charge in [0.05, 0.1) is 18.9 Å². The molecule has 0 aliphatic rings. The van der Waals surface area contributed by atoms with E-state index in [1.165, 1.54) is 0 Å². The topological polar surface area (TPSA) is 55.5 Å². The first-order valence-corrected chi connectivity index (χ1v) is 7.24. The summed E-state index contributed by atoms with van der Waals surface area (Å²) in [4.78, 5) is 0. The third kappa shape index (κ3) is 3.26. The average molecular weight is 357 g/mol. The zero-order valence-corrected chi connectivity index (χ0v) is 13.3. The normalized spacial score (nSPS) is 12.2. The lowest BCUT2D eigenvalue weighted by Crippen LogP contribution is -2.07. The molecule has 0 bridgehead atoms. The fourth-order valence-corrected chi connectivity index (χ4v) is 2.79. The Balaban J connectivity index is 2.26. The van der Waals surface area contributed by atoms with Crippen LogP contribution in [0.3, 0.4) is 0 Å². The molecule has 2 aromatic carbocycles. The highest BCUT2D eigenvalue weighted by molar-refractivity contribution is 9.10. The molecule has 0 aliphatic heterocycles. The summed E-state index contributed by atoms with van der Waals surface area (Å²) in [7, 11) is 1.55. The van der Waals surface area contributed by atoms with Crippen molar-refractivity contribution < 1.29 is 9.84 Å². The number of aliphatic hydroxyl groups is 1. The quantitative estimate of drug-likeness (QED) is 0.815. The molecule has 2 rings (SSSR count). The summed E-state index contributed by atoms with van der Waals surface area (Å²) in [6, 6.07) is 10.9. The standard InChI is InChI=1S/C15H15BrClNO2/c1-20-14-4-2-3-11(15(14)18)13(19)7-9-5-6-10(16)8-12(9)17/h2-6,8,13,19H,7,18H2,1H3. The van der Waals surface area contributed by atoms with E-state index in [4.69, 9.17) is 22.1 Å². The van der Waals surface area contributed by atoms with Crippen molar-refractivity contribution in [1.82, 2.24) is 0 Å². The predicted molar refractivity (Wildman–Crippen MR) is 85.2 cm³/mol. The molecule has 5 heteroatoms. The number of hydrogen-bond acceptors (Lipinski definition) is 3. The molecule has 106 valence electrons. The van der Waals surface area contributed by atoms with Crippen LogP contribution < -0.4 is 10.5 Å². The molecular weight excluding hydrogens is 342 g/mol. The van der Waals surface area contributed by atoms with E-state index in [0.717, 1.165) is 10.0 Å². The molecule has 0 aliphatic carbocycles. The van der Waals surface area contributed by atoms with Crippen molar-refractivity contribution in [2.24, 2.45) is 0 Å². The van der Waals surface area contributed by atoms with Gasteiger partial charge in [0.15, 0.2) is 0 Å². The van der Waals surface area contributed by atoms with Crippen molar-refractivity contribution in [3.8, 4) is 5.75 Å². The van der Waals surface area contributed by atoms with E-state index in [2.05, 4.69) is 15.9 Å². The molecule has 3 N–H and O–H groups in total. The van der Waals surface area contributed by atoms with E-state index in [0.29, 0.717) is 28.4 Å². The van der Waals surface area contributed by atoms with Gasteiger partial charge in [-0.15, -0.1) is 0 Å². The van der Waals surface area contributed by atoms with Crippen LogP contribution in [0.2, 0.25) is 5.02 Å². The highest BCUT2D eigenvalue weighted by Crippen LogP contribution is 2.32. The lowest BCUT2D eigenvalue weighted by molar-refractivity contribution is 0.179. The van der Waals surface area contributed by atoms with Crippen molar-refractivity contribution in [1.29, 1.82) is 0 Å². The lowest BCUT2D eigenvalue weighted by atomic mass is 9.99. The van der Waals surface area contributed by atoms with Crippen LogP contribution in [0.15, 0.2) is 40.9 Å². The second-order valence-corrected chi connectivity index (χ2v) is 5.74. The van der Waals surface area contributed by atoms with Gasteiger partial charge in [-0.05, 0) is 23.8 Å². The summed E-state index contributed by atoms with van der Waals surface area (Å²) < 4.78 is 6.06. The van der Waals surface area contributed by atoms with Crippen molar-refractivity contribution in [2.45, 2.75) is 12.5 Å². The number of nitrogens with two attached hydrogens (primary N) is 1. The number of ether oxygens (including phenoxy) is 1. The molecule has 20 heavy (non-hydrogen) atoms. The second-order valence-electron chi connectivity index (χ2n) is 4.42. The molecule has 2 aromatic rings. The van der Waals surface area contributed by atoms with Crippen LogP contribution in [0.25, 0.3) is 0 Å². The minimum absolute atomic E-state index is 0.392. The molecule has 0 radical (unpaired) electrons. The molecule has 1 atom stereocenters. The van der Waals surface area contributed by atoms with Crippen LogP contribution in [0.5, 0.6) is 5.75 Å². The van der Waals surface area contributed by atoms with Gasteiger partial charge in [-0.3, -0.25) is 0 Å². The Bertz CT molecular complexity index is 619. The van der Waals surface area contributed by atoms with Gasteiger partial charge in [-0.2, -0.15) is 0 Å². The number of halogens is 2. The first-order chi connectivity index (χ1) is 9.52. The van der Waals surface area contributed by atoms with E-state index in [1.807, 2.05) is 12.1 Å². The second kappa shape index (κ2) is 6.48. The molecule has 0 fully saturated rings. The first-order valence-electron chi connectivity index (χ1n) is 6.07. The largest absolute Gasteiger partial charge is 0.495 e.